The zero-order chi connectivity index (χ0) is 18.7. The van der Waals surface area contributed by atoms with Crippen molar-refractivity contribution in [2.45, 2.75) is 19.0 Å². The van der Waals surface area contributed by atoms with Gasteiger partial charge in [0.1, 0.15) is 0 Å². The Morgan fingerprint density at radius 3 is 2.58 bits per heavy atom. The van der Waals surface area contributed by atoms with Gasteiger partial charge in [0, 0.05) is 13.1 Å². The number of hydrogen-bond donors (Lipinski definition) is 2. The van der Waals surface area contributed by atoms with Gasteiger partial charge in [-0.05, 0) is 25.0 Å². The summed E-state index contributed by atoms with van der Waals surface area (Å²) in [6, 6.07) is 4.81. The minimum Gasteiger partial charge on any atom is -0.341 e. The fraction of sp³-hybridized carbons (Fsp3) is 0.312. The monoisotopic (exact) mass is 385 g/mol. The number of alkyl halides is 3. The first-order valence-electron chi connectivity index (χ1n) is 7.86. The van der Waals surface area contributed by atoms with Crippen molar-refractivity contribution in [1.82, 2.24) is 15.4 Å². The van der Waals surface area contributed by atoms with Gasteiger partial charge < -0.3 is 4.90 Å². The van der Waals surface area contributed by atoms with Crippen LogP contribution in [0.2, 0.25) is 5.02 Å². The van der Waals surface area contributed by atoms with Crippen LogP contribution in [0.1, 0.15) is 28.9 Å². The van der Waals surface area contributed by atoms with Gasteiger partial charge in [-0.15, -0.1) is 0 Å². The van der Waals surface area contributed by atoms with Crippen LogP contribution in [0.25, 0.3) is 0 Å². The molecule has 1 aliphatic heterocycles. The predicted molar refractivity (Wildman–Crippen MR) is 91.0 cm³/mol. The second kappa shape index (κ2) is 7.36. The number of nitrogens with zero attached hydrogens (tertiary/aromatic N) is 3. The summed E-state index contributed by atoms with van der Waals surface area (Å²) in [6.07, 6.45) is -1.24. The average Bonchev–Trinajstić information content (AvgIpc) is 3.14. The molecule has 0 atom stereocenters. The van der Waals surface area contributed by atoms with E-state index >= 15 is 0 Å². The minimum atomic E-state index is -4.55. The van der Waals surface area contributed by atoms with Gasteiger partial charge in [-0.3, -0.25) is 15.6 Å². The Bertz CT molecular complexity index is 809. The van der Waals surface area contributed by atoms with Crippen LogP contribution in [0, 0.1) is 0 Å². The first-order chi connectivity index (χ1) is 12.4. The van der Waals surface area contributed by atoms with Crippen molar-refractivity contribution in [3.05, 3.63) is 46.7 Å². The molecule has 1 fully saturated rings. The van der Waals surface area contributed by atoms with Crippen LogP contribution < -0.4 is 15.8 Å². The van der Waals surface area contributed by atoms with E-state index in [-0.39, 0.29) is 16.4 Å². The lowest BCUT2D eigenvalue weighted by Gasteiger charge is -2.17. The topological polar surface area (TPSA) is 70.2 Å². The summed E-state index contributed by atoms with van der Waals surface area (Å²) in [5.41, 5.74) is 3.20. The van der Waals surface area contributed by atoms with E-state index in [1.807, 2.05) is 4.90 Å². The van der Waals surface area contributed by atoms with E-state index in [1.165, 1.54) is 24.4 Å². The Balaban J connectivity index is 1.76. The largest absolute Gasteiger partial charge is 0.418 e. The maximum Gasteiger partial charge on any atom is 0.418 e. The number of carbonyl (C=O) groups excluding carboxylic acids is 1. The Hall–Kier alpha value is -2.55. The van der Waals surface area contributed by atoms with Crippen molar-refractivity contribution in [1.29, 1.82) is 0 Å². The van der Waals surface area contributed by atoms with Crippen molar-refractivity contribution in [2.24, 2.45) is 0 Å². The number of benzene rings is 1. The van der Waals surface area contributed by atoms with E-state index in [9.17, 15) is 18.0 Å². The van der Waals surface area contributed by atoms with E-state index in [1.54, 1.807) is 0 Å². The van der Waals surface area contributed by atoms with Gasteiger partial charge >= 0.3 is 6.18 Å². The van der Waals surface area contributed by atoms with E-state index in [0.717, 1.165) is 32.0 Å². The standard InChI is InChI=1S/C16H15ClF3N5O/c17-11-9-21-15(25-7-3-4-8-25)22-13(11)14(26)24-23-12-6-2-1-5-10(12)16(18,19)20/h1-2,5-6,9,23H,3-4,7-8H2,(H,24,26). The Morgan fingerprint density at radius 1 is 1.19 bits per heavy atom. The highest BCUT2D eigenvalue weighted by Gasteiger charge is 2.33. The van der Waals surface area contributed by atoms with Crippen molar-refractivity contribution in [3.8, 4) is 0 Å². The fourth-order valence-electron chi connectivity index (χ4n) is 2.61. The lowest BCUT2D eigenvalue weighted by atomic mass is 10.2. The number of rotatable bonds is 4. The van der Waals surface area contributed by atoms with Gasteiger partial charge in [0.05, 0.1) is 22.5 Å². The van der Waals surface area contributed by atoms with E-state index < -0.39 is 17.6 Å². The molecular formula is C16H15ClF3N5O. The van der Waals surface area contributed by atoms with Gasteiger partial charge in [0.2, 0.25) is 5.95 Å². The number of aromatic nitrogens is 2. The van der Waals surface area contributed by atoms with Crippen LogP contribution in [0.15, 0.2) is 30.5 Å². The van der Waals surface area contributed by atoms with Crippen molar-refractivity contribution in [2.75, 3.05) is 23.4 Å². The molecule has 1 saturated heterocycles. The number of halogens is 4. The molecule has 3 rings (SSSR count). The zero-order valence-electron chi connectivity index (χ0n) is 13.5. The summed E-state index contributed by atoms with van der Waals surface area (Å²) in [6.45, 7) is 1.56. The summed E-state index contributed by atoms with van der Waals surface area (Å²) >= 11 is 5.97. The molecule has 2 aromatic rings. The van der Waals surface area contributed by atoms with Gasteiger partial charge in [0.15, 0.2) is 5.69 Å². The third kappa shape index (κ3) is 3.98. The quantitative estimate of drug-likeness (QED) is 0.788. The zero-order valence-corrected chi connectivity index (χ0v) is 14.2. The molecule has 0 aliphatic carbocycles. The van der Waals surface area contributed by atoms with E-state index in [4.69, 9.17) is 11.6 Å². The Kier molecular flexibility index (Phi) is 5.17. The predicted octanol–water partition coefficient (Wildman–Crippen LogP) is 3.51. The maximum atomic E-state index is 13.0. The van der Waals surface area contributed by atoms with Crippen LogP contribution in [-0.2, 0) is 6.18 Å². The number of para-hydroxylation sites is 1. The molecule has 1 aliphatic rings. The average molecular weight is 386 g/mol. The molecule has 0 saturated carbocycles. The molecule has 1 amide bonds. The fourth-order valence-corrected chi connectivity index (χ4v) is 2.79. The maximum absolute atomic E-state index is 13.0. The van der Waals surface area contributed by atoms with E-state index in [2.05, 4.69) is 20.8 Å². The van der Waals surface area contributed by atoms with Gasteiger partial charge in [-0.25, -0.2) is 9.97 Å². The lowest BCUT2D eigenvalue weighted by Crippen LogP contribution is -2.32. The van der Waals surface area contributed by atoms with Crippen molar-refractivity contribution < 1.29 is 18.0 Å². The minimum absolute atomic E-state index is 0.0105. The number of carbonyl (C=O) groups is 1. The number of amides is 1. The summed E-state index contributed by atoms with van der Waals surface area (Å²) in [4.78, 5) is 22.5. The number of hydrazine groups is 1. The molecule has 0 unspecified atom stereocenters. The van der Waals surface area contributed by atoms with Crippen molar-refractivity contribution in [3.63, 3.8) is 0 Å². The molecule has 2 heterocycles. The molecule has 0 spiro atoms. The SMILES string of the molecule is O=C(NNc1ccccc1C(F)(F)F)c1nc(N2CCCC2)ncc1Cl. The summed E-state index contributed by atoms with van der Waals surface area (Å²) in [5, 5.41) is 0.0105. The molecular weight excluding hydrogens is 371 g/mol. The van der Waals surface area contributed by atoms with Gasteiger partial charge in [0.25, 0.3) is 5.91 Å². The molecule has 10 heteroatoms. The first-order valence-corrected chi connectivity index (χ1v) is 8.24. The van der Waals surface area contributed by atoms with Crippen molar-refractivity contribution >= 4 is 29.1 Å². The highest BCUT2D eigenvalue weighted by Crippen LogP contribution is 2.34. The van der Waals surface area contributed by atoms with Crippen LogP contribution in [0.5, 0.6) is 0 Å². The lowest BCUT2D eigenvalue weighted by molar-refractivity contribution is -0.137. The highest BCUT2D eigenvalue weighted by molar-refractivity contribution is 6.33. The summed E-state index contributed by atoms with van der Waals surface area (Å²) in [7, 11) is 0. The molecule has 138 valence electrons. The third-order valence-corrected chi connectivity index (χ3v) is 4.16. The molecule has 1 aromatic carbocycles. The Morgan fingerprint density at radius 2 is 1.88 bits per heavy atom. The third-order valence-electron chi connectivity index (χ3n) is 3.88. The van der Waals surface area contributed by atoms with Crippen LogP contribution in [0.4, 0.5) is 24.8 Å². The molecule has 1 aromatic heterocycles. The van der Waals surface area contributed by atoms with E-state index in [0.29, 0.717) is 5.95 Å². The molecule has 0 radical (unpaired) electrons. The second-order valence-corrected chi connectivity index (χ2v) is 6.09. The number of anilines is 2. The van der Waals surface area contributed by atoms with Crippen LogP contribution >= 0.6 is 11.6 Å². The van der Waals surface area contributed by atoms with Gasteiger partial charge in [-0.1, -0.05) is 23.7 Å². The first kappa shape index (κ1) is 18.2. The summed E-state index contributed by atoms with van der Waals surface area (Å²) < 4.78 is 39.0. The molecule has 6 nitrogen and oxygen atoms in total. The van der Waals surface area contributed by atoms with Crippen LogP contribution in [-0.4, -0.2) is 29.0 Å². The summed E-state index contributed by atoms with van der Waals surface area (Å²) in [5.74, 6) is -0.387. The number of hydrogen-bond acceptors (Lipinski definition) is 5. The Labute approximate surface area is 152 Å². The molecule has 26 heavy (non-hydrogen) atoms. The number of nitrogens with one attached hydrogen (secondary N) is 2. The second-order valence-electron chi connectivity index (χ2n) is 5.68. The smallest absolute Gasteiger partial charge is 0.341 e. The highest BCUT2D eigenvalue weighted by atomic mass is 35.5. The van der Waals surface area contributed by atoms with Crippen LogP contribution in [0.3, 0.4) is 0 Å². The van der Waals surface area contributed by atoms with Gasteiger partial charge in [-0.2, -0.15) is 13.2 Å². The molecule has 0 bridgehead atoms. The molecule has 2 N–H and O–H groups in total. The normalized spacial score (nSPS) is 14.4.